The number of halogens is 1. The molecule has 0 unspecified atom stereocenters. The summed E-state index contributed by atoms with van der Waals surface area (Å²) in [7, 11) is 1.75. The van der Waals surface area contributed by atoms with Crippen molar-refractivity contribution in [1.29, 1.82) is 5.26 Å². The van der Waals surface area contributed by atoms with E-state index >= 15 is 0 Å². The number of rotatable bonds is 4. The number of carbonyl (C=O) groups excluding carboxylic acids is 2. The van der Waals surface area contributed by atoms with E-state index in [4.69, 9.17) is 5.26 Å². The molecule has 0 radical (unpaired) electrons. The molecule has 30 heavy (non-hydrogen) atoms. The summed E-state index contributed by atoms with van der Waals surface area (Å²) in [4.78, 5) is 29.1. The Morgan fingerprint density at radius 3 is 2.47 bits per heavy atom. The molecule has 1 aromatic heterocycles. The summed E-state index contributed by atoms with van der Waals surface area (Å²) in [5.74, 6) is -0.599. The van der Waals surface area contributed by atoms with Crippen LogP contribution in [0.5, 0.6) is 0 Å². The molecule has 0 N–H and O–H groups in total. The molecule has 0 aliphatic carbocycles. The molecule has 2 heterocycles. The van der Waals surface area contributed by atoms with Crippen molar-refractivity contribution in [2.24, 2.45) is 7.05 Å². The van der Waals surface area contributed by atoms with Gasteiger partial charge in [0, 0.05) is 44.2 Å². The Balaban J connectivity index is 1.41. The summed E-state index contributed by atoms with van der Waals surface area (Å²) in [5.41, 5.74) is 2.10. The number of nitrogens with zero attached hydrogens (tertiary/aromatic N) is 5. The van der Waals surface area contributed by atoms with E-state index in [1.54, 1.807) is 34.8 Å². The number of piperazine rings is 1. The number of aromatic nitrogens is 2. The van der Waals surface area contributed by atoms with E-state index < -0.39 is 0 Å². The summed E-state index contributed by atoms with van der Waals surface area (Å²) in [6.45, 7) is 2.36. The Bertz CT molecular complexity index is 1150. The summed E-state index contributed by atoms with van der Waals surface area (Å²) in [5, 5.41) is 14.2. The second-order valence-electron chi connectivity index (χ2n) is 7.31. The Morgan fingerprint density at radius 1 is 1.10 bits per heavy atom. The number of nitriles is 1. The van der Waals surface area contributed by atoms with Gasteiger partial charge in [0.1, 0.15) is 5.82 Å². The highest BCUT2D eigenvalue weighted by Gasteiger charge is 2.26. The maximum absolute atomic E-state index is 13.0. The van der Waals surface area contributed by atoms with Crippen LogP contribution >= 0.6 is 0 Å². The van der Waals surface area contributed by atoms with Crippen molar-refractivity contribution in [3.63, 3.8) is 0 Å². The zero-order chi connectivity index (χ0) is 21.3. The molecule has 7 nitrogen and oxygen atoms in total. The smallest absolute Gasteiger partial charge is 0.275 e. The van der Waals surface area contributed by atoms with Gasteiger partial charge in [0.05, 0.1) is 23.7 Å². The molecular weight excluding hydrogens is 385 g/mol. The fourth-order valence-electron chi connectivity index (χ4n) is 3.67. The zero-order valence-corrected chi connectivity index (χ0v) is 16.5. The summed E-state index contributed by atoms with van der Waals surface area (Å²) >= 11 is 0. The monoisotopic (exact) mass is 405 g/mol. The van der Waals surface area contributed by atoms with Gasteiger partial charge >= 0.3 is 0 Å². The number of Topliss-reactive ketones (excluding diaryl/α,β-unsaturated/α-hetero) is 1. The number of ketones is 1. The van der Waals surface area contributed by atoms with Crippen LogP contribution in [0.4, 0.5) is 4.39 Å². The van der Waals surface area contributed by atoms with Crippen LogP contribution in [-0.4, -0.2) is 64.0 Å². The van der Waals surface area contributed by atoms with Crippen molar-refractivity contribution < 1.29 is 14.0 Å². The molecule has 0 bridgehead atoms. The van der Waals surface area contributed by atoms with Crippen molar-refractivity contribution in [3.05, 3.63) is 65.1 Å². The van der Waals surface area contributed by atoms with Gasteiger partial charge in [-0.1, -0.05) is 0 Å². The maximum Gasteiger partial charge on any atom is 0.275 e. The van der Waals surface area contributed by atoms with E-state index in [1.165, 1.54) is 24.3 Å². The summed E-state index contributed by atoms with van der Waals surface area (Å²) in [6, 6.07) is 12.8. The largest absolute Gasteiger partial charge is 0.335 e. The zero-order valence-electron chi connectivity index (χ0n) is 16.5. The number of amides is 1. The molecule has 1 aliphatic heterocycles. The molecule has 1 amide bonds. The molecule has 8 heteroatoms. The minimum absolute atomic E-state index is 0.0706. The van der Waals surface area contributed by atoms with Crippen LogP contribution in [0.25, 0.3) is 10.9 Å². The highest BCUT2D eigenvalue weighted by molar-refractivity contribution is 6.05. The number of carbonyl (C=O) groups is 2. The quantitative estimate of drug-likeness (QED) is 0.622. The van der Waals surface area contributed by atoms with Crippen molar-refractivity contribution in [3.8, 4) is 6.07 Å². The van der Waals surface area contributed by atoms with Gasteiger partial charge in [-0.15, -0.1) is 0 Å². The first-order chi connectivity index (χ1) is 14.5. The predicted molar refractivity (Wildman–Crippen MR) is 109 cm³/mol. The average molecular weight is 405 g/mol. The van der Waals surface area contributed by atoms with E-state index in [9.17, 15) is 14.0 Å². The Morgan fingerprint density at radius 2 is 1.80 bits per heavy atom. The standard InChI is InChI=1S/C22H20FN5O2/c1-26-19-12-15(13-24)2-7-18(19)21(25-26)22(30)28-10-8-27(9-11-28)14-20(29)16-3-5-17(23)6-4-16/h2-7,12H,8-11,14H2,1H3. The van der Waals surface area contributed by atoms with Gasteiger partial charge in [0.25, 0.3) is 5.91 Å². The lowest BCUT2D eigenvalue weighted by molar-refractivity contribution is 0.0620. The van der Waals surface area contributed by atoms with Gasteiger partial charge in [-0.25, -0.2) is 4.39 Å². The lowest BCUT2D eigenvalue weighted by Gasteiger charge is -2.34. The summed E-state index contributed by atoms with van der Waals surface area (Å²) in [6.07, 6.45) is 0. The van der Waals surface area contributed by atoms with E-state index in [0.29, 0.717) is 43.0 Å². The third-order valence-electron chi connectivity index (χ3n) is 5.38. The number of hydrogen-bond acceptors (Lipinski definition) is 5. The third-order valence-corrected chi connectivity index (χ3v) is 5.38. The van der Waals surface area contributed by atoms with Crippen LogP contribution in [0.15, 0.2) is 42.5 Å². The Kier molecular flexibility index (Phi) is 5.29. The van der Waals surface area contributed by atoms with Gasteiger partial charge in [0.15, 0.2) is 11.5 Å². The molecule has 2 aromatic carbocycles. The van der Waals surface area contributed by atoms with Crippen molar-refractivity contribution in [2.45, 2.75) is 0 Å². The molecule has 1 fully saturated rings. The SMILES string of the molecule is Cn1nc(C(=O)N2CCN(CC(=O)c3ccc(F)cc3)CC2)c2ccc(C#N)cc21. The predicted octanol–water partition coefficient (Wildman–Crippen LogP) is 2.22. The average Bonchev–Trinajstić information content (AvgIpc) is 3.10. The lowest BCUT2D eigenvalue weighted by Crippen LogP contribution is -2.50. The highest BCUT2D eigenvalue weighted by atomic mass is 19.1. The molecule has 152 valence electrons. The number of aryl methyl sites for hydroxylation is 1. The second-order valence-corrected chi connectivity index (χ2v) is 7.31. The molecule has 3 aromatic rings. The van der Waals surface area contributed by atoms with Gasteiger partial charge in [0.2, 0.25) is 0 Å². The molecule has 1 saturated heterocycles. The number of hydrogen-bond donors (Lipinski definition) is 0. The van der Waals surface area contributed by atoms with Crippen LogP contribution < -0.4 is 0 Å². The van der Waals surface area contributed by atoms with Crippen LogP contribution in [-0.2, 0) is 7.05 Å². The van der Waals surface area contributed by atoms with Crippen molar-refractivity contribution in [1.82, 2.24) is 19.6 Å². The minimum atomic E-state index is -0.371. The first-order valence-electron chi connectivity index (χ1n) is 9.63. The molecular formula is C22H20FN5O2. The molecule has 0 spiro atoms. The topological polar surface area (TPSA) is 82.2 Å². The third kappa shape index (κ3) is 3.80. The fourth-order valence-corrected chi connectivity index (χ4v) is 3.67. The highest BCUT2D eigenvalue weighted by Crippen LogP contribution is 2.21. The maximum atomic E-state index is 13.0. The number of fused-ring (bicyclic) bond motifs is 1. The van der Waals surface area contributed by atoms with E-state index in [1.807, 2.05) is 4.90 Å². The van der Waals surface area contributed by atoms with E-state index in [2.05, 4.69) is 11.2 Å². The van der Waals surface area contributed by atoms with Crippen LogP contribution in [0.1, 0.15) is 26.4 Å². The van der Waals surface area contributed by atoms with Crippen molar-refractivity contribution in [2.75, 3.05) is 32.7 Å². The van der Waals surface area contributed by atoms with Gasteiger partial charge in [-0.3, -0.25) is 19.2 Å². The van der Waals surface area contributed by atoms with Crippen molar-refractivity contribution >= 4 is 22.6 Å². The fraction of sp³-hybridized carbons (Fsp3) is 0.273. The molecule has 0 atom stereocenters. The van der Waals surface area contributed by atoms with Gasteiger partial charge in [-0.2, -0.15) is 10.4 Å². The first kappa shape index (κ1) is 19.7. The van der Waals surface area contributed by atoms with Gasteiger partial charge in [-0.05, 0) is 42.5 Å². The Hall–Kier alpha value is -3.57. The number of benzene rings is 2. The van der Waals surface area contributed by atoms with Crippen LogP contribution in [0, 0.1) is 17.1 Å². The van der Waals surface area contributed by atoms with Crippen LogP contribution in [0.3, 0.4) is 0 Å². The molecule has 4 rings (SSSR count). The van der Waals surface area contributed by atoms with Crippen LogP contribution in [0.2, 0.25) is 0 Å². The summed E-state index contributed by atoms with van der Waals surface area (Å²) < 4.78 is 14.6. The van der Waals surface area contributed by atoms with E-state index in [-0.39, 0.29) is 24.1 Å². The minimum Gasteiger partial charge on any atom is -0.335 e. The van der Waals surface area contributed by atoms with E-state index in [0.717, 1.165) is 10.9 Å². The van der Waals surface area contributed by atoms with Gasteiger partial charge < -0.3 is 4.90 Å². The normalized spacial score (nSPS) is 14.6. The Labute approximate surface area is 172 Å². The lowest BCUT2D eigenvalue weighted by atomic mass is 10.1. The first-order valence-corrected chi connectivity index (χ1v) is 9.63. The second kappa shape index (κ2) is 8.05. The molecule has 0 saturated carbocycles. The molecule has 1 aliphatic rings.